The van der Waals surface area contributed by atoms with E-state index in [0.29, 0.717) is 5.69 Å². The van der Waals surface area contributed by atoms with E-state index in [1.54, 1.807) is 23.5 Å². The van der Waals surface area contributed by atoms with Gasteiger partial charge in [0, 0.05) is 27.8 Å². The number of amides is 1. The summed E-state index contributed by atoms with van der Waals surface area (Å²) >= 11 is 1.58. The summed E-state index contributed by atoms with van der Waals surface area (Å²) in [7, 11) is 0. The molecule has 1 amide bonds. The quantitative estimate of drug-likeness (QED) is 0.431. The Morgan fingerprint density at radius 2 is 1.72 bits per heavy atom. The van der Waals surface area contributed by atoms with Crippen LogP contribution in [0.1, 0.15) is 15.9 Å². The van der Waals surface area contributed by atoms with Crippen molar-refractivity contribution in [1.29, 1.82) is 0 Å². The molecule has 0 saturated heterocycles. The van der Waals surface area contributed by atoms with Crippen molar-refractivity contribution in [1.82, 2.24) is 4.98 Å². The Balaban J connectivity index is 1.50. The van der Waals surface area contributed by atoms with Gasteiger partial charge in [0.2, 0.25) is 0 Å². The minimum absolute atomic E-state index is 0.0513. The minimum atomic E-state index is -1.05. The molecule has 1 heterocycles. The van der Waals surface area contributed by atoms with Crippen molar-refractivity contribution in [3.8, 4) is 21.8 Å². The zero-order chi connectivity index (χ0) is 20.4. The molecule has 144 valence electrons. The summed E-state index contributed by atoms with van der Waals surface area (Å²) in [4.78, 5) is 16.9. The Morgan fingerprint density at radius 3 is 2.45 bits per heavy atom. The van der Waals surface area contributed by atoms with Crippen LogP contribution in [-0.2, 0) is 0 Å². The second kappa shape index (κ2) is 7.93. The van der Waals surface area contributed by atoms with E-state index in [9.17, 15) is 13.6 Å². The van der Waals surface area contributed by atoms with Crippen molar-refractivity contribution in [2.24, 2.45) is 0 Å². The van der Waals surface area contributed by atoms with Gasteiger partial charge in [-0.3, -0.25) is 4.79 Å². The van der Waals surface area contributed by atoms with E-state index in [2.05, 4.69) is 24.4 Å². The summed E-state index contributed by atoms with van der Waals surface area (Å²) in [6.45, 7) is 2.06. The molecule has 1 N–H and O–H groups in total. The van der Waals surface area contributed by atoms with Gasteiger partial charge < -0.3 is 5.32 Å². The van der Waals surface area contributed by atoms with Crippen molar-refractivity contribution < 1.29 is 13.6 Å². The molecule has 3 nitrogen and oxygen atoms in total. The first kappa shape index (κ1) is 19.0. The van der Waals surface area contributed by atoms with Gasteiger partial charge in [0.15, 0.2) is 11.6 Å². The number of aromatic nitrogens is 1. The lowest BCUT2D eigenvalue weighted by Gasteiger charge is -2.06. The number of aryl methyl sites for hydroxylation is 1. The van der Waals surface area contributed by atoms with Crippen molar-refractivity contribution in [2.45, 2.75) is 6.92 Å². The molecular weight excluding hydrogens is 390 g/mol. The van der Waals surface area contributed by atoms with Gasteiger partial charge in [-0.2, -0.15) is 0 Å². The van der Waals surface area contributed by atoms with E-state index < -0.39 is 17.5 Å². The molecule has 0 atom stereocenters. The van der Waals surface area contributed by atoms with E-state index in [-0.39, 0.29) is 5.56 Å². The first-order valence-electron chi connectivity index (χ1n) is 8.89. The predicted octanol–water partition coefficient (Wildman–Crippen LogP) is 6.32. The summed E-state index contributed by atoms with van der Waals surface area (Å²) < 4.78 is 26.3. The largest absolute Gasteiger partial charge is 0.322 e. The Bertz CT molecular complexity index is 1190. The normalized spacial score (nSPS) is 10.7. The molecule has 0 saturated carbocycles. The fourth-order valence-electron chi connectivity index (χ4n) is 2.91. The second-order valence-corrected chi connectivity index (χ2v) is 7.37. The third-order valence-electron chi connectivity index (χ3n) is 4.50. The lowest BCUT2D eigenvalue weighted by Crippen LogP contribution is -2.12. The number of nitrogens with zero attached hydrogens (tertiary/aromatic N) is 1. The van der Waals surface area contributed by atoms with Gasteiger partial charge in [-0.25, -0.2) is 13.8 Å². The molecule has 0 spiro atoms. The smallest absolute Gasteiger partial charge is 0.255 e. The lowest BCUT2D eigenvalue weighted by molar-refractivity contribution is 0.102. The monoisotopic (exact) mass is 406 g/mol. The maximum Gasteiger partial charge on any atom is 0.255 e. The topological polar surface area (TPSA) is 42.0 Å². The molecule has 0 fully saturated rings. The number of carbonyl (C=O) groups excluding carboxylic acids is 1. The van der Waals surface area contributed by atoms with Gasteiger partial charge in [-0.1, -0.05) is 36.4 Å². The molecule has 1 aromatic heterocycles. The maximum absolute atomic E-state index is 13.3. The summed E-state index contributed by atoms with van der Waals surface area (Å²) in [6.07, 6.45) is 0. The van der Waals surface area contributed by atoms with Crippen molar-refractivity contribution >= 4 is 22.9 Å². The molecule has 4 rings (SSSR count). The lowest BCUT2D eigenvalue weighted by atomic mass is 10.1. The zero-order valence-corrected chi connectivity index (χ0v) is 16.3. The van der Waals surface area contributed by atoms with Crippen LogP contribution in [-0.4, -0.2) is 10.9 Å². The van der Waals surface area contributed by atoms with E-state index in [1.165, 1.54) is 11.6 Å². The Hall–Kier alpha value is -3.38. The number of halogens is 2. The van der Waals surface area contributed by atoms with Crippen molar-refractivity contribution in [2.75, 3.05) is 5.32 Å². The summed E-state index contributed by atoms with van der Waals surface area (Å²) in [5, 5.41) is 5.63. The fraction of sp³-hybridized carbons (Fsp3) is 0.0435. The van der Waals surface area contributed by atoms with E-state index in [1.807, 2.05) is 29.6 Å². The van der Waals surface area contributed by atoms with Gasteiger partial charge in [-0.15, -0.1) is 11.3 Å². The van der Waals surface area contributed by atoms with Crippen LogP contribution >= 0.6 is 11.3 Å². The molecule has 6 heteroatoms. The summed E-state index contributed by atoms with van der Waals surface area (Å²) in [5.74, 6) is -2.55. The highest BCUT2D eigenvalue weighted by Gasteiger charge is 2.11. The number of hydrogen-bond donors (Lipinski definition) is 1. The average molecular weight is 406 g/mol. The highest BCUT2D eigenvalue weighted by atomic mass is 32.1. The first-order chi connectivity index (χ1) is 14.0. The molecule has 0 unspecified atom stereocenters. The molecular formula is C23H16F2N2OS. The van der Waals surface area contributed by atoms with Crippen LogP contribution < -0.4 is 5.32 Å². The van der Waals surface area contributed by atoms with Gasteiger partial charge >= 0.3 is 0 Å². The first-order valence-corrected chi connectivity index (χ1v) is 9.77. The standard InChI is InChI=1S/C23H16F2N2OS/c1-14-4-2-3-5-18(14)23-27-21(13-29-23)15-6-9-17(10-7-15)26-22(28)16-8-11-19(24)20(25)12-16/h2-13H,1H3,(H,26,28). The SMILES string of the molecule is Cc1ccccc1-c1nc(-c2ccc(NC(=O)c3ccc(F)c(F)c3)cc2)cs1. The van der Waals surface area contributed by atoms with Crippen molar-refractivity contribution in [3.63, 3.8) is 0 Å². The third kappa shape index (κ3) is 4.07. The molecule has 29 heavy (non-hydrogen) atoms. The van der Waals surface area contributed by atoms with Crippen LogP contribution in [0.5, 0.6) is 0 Å². The molecule has 0 aliphatic carbocycles. The van der Waals surface area contributed by atoms with Crippen LogP contribution in [0.3, 0.4) is 0 Å². The predicted molar refractivity (Wildman–Crippen MR) is 112 cm³/mol. The molecule has 0 bridgehead atoms. The summed E-state index contributed by atoms with van der Waals surface area (Å²) in [5.41, 5.74) is 4.66. The molecule has 0 radical (unpaired) electrons. The highest BCUT2D eigenvalue weighted by Crippen LogP contribution is 2.31. The van der Waals surface area contributed by atoms with E-state index in [4.69, 9.17) is 4.98 Å². The number of carbonyl (C=O) groups is 1. The Labute approximate surface area is 170 Å². The number of hydrogen-bond acceptors (Lipinski definition) is 3. The van der Waals surface area contributed by atoms with Crippen LogP contribution in [0.2, 0.25) is 0 Å². The van der Waals surface area contributed by atoms with Crippen LogP contribution in [0, 0.1) is 18.6 Å². The number of nitrogens with one attached hydrogen (secondary N) is 1. The molecule has 0 aliphatic heterocycles. The summed E-state index contributed by atoms with van der Waals surface area (Å²) in [6, 6.07) is 18.4. The van der Waals surface area contributed by atoms with Gasteiger partial charge in [0.05, 0.1) is 5.69 Å². The second-order valence-electron chi connectivity index (χ2n) is 6.51. The third-order valence-corrected chi connectivity index (χ3v) is 5.38. The Kier molecular flexibility index (Phi) is 5.18. The molecule has 3 aromatic carbocycles. The Morgan fingerprint density at radius 1 is 0.966 bits per heavy atom. The van der Waals surface area contributed by atoms with Gasteiger partial charge in [-0.05, 0) is 42.8 Å². The molecule has 4 aromatic rings. The number of anilines is 1. The molecule has 0 aliphatic rings. The average Bonchev–Trinajstić information content (AvgIpc) is 3.21. The highest BCUT2D eigenvalue weighted by molar-refractivity contribution is 7.13. The van der Waals surface area contributed by atoms with Crippen molar-refractivity contribution in [3.05, 3.63) is 94.9 Å². The van der Waals surface area contributed by atoms with Crippen LogP contribution in [0.25, 0.3) is 21.8 Å². The number of thiazole rings is 1. The minimum Gasteiger partial charge on any atom is -0.322 e. The van der Waals surface area contributed by atoms with Gasteiger partial charge in [0.25, 0.3) is 5.91 Å². The zero-order valence-electron chi connectivity index (χ0n) is 15.4. The van der Waals surface area contributed by atoms with Crippen LogP contribution in [0.15, 0.2) is 72.1 Å². The van der Waals surface area contributed by atoms with E-state index >= 15 is 0 Å². The number of rotatable bonds is 4. The van der Waals surface area contributed by atoms with E-state index in [0.717, 1.165) is 34.0 Å². The number of benzene rings is 3. The maximum atomic E-state index is 13.3. The van der Waals surface area contributed by atoms with Gasteiger partial charge in [0.1, 0.15) is 5.01 Å². The fourth-order valence-corrected chi connectivity index (χ4v) is 3.83. The van der Waals surface area contributed by atoms with Crippen LogP contribution in [0.4, 0.5) is 14.5 Å².